The van der Waals surface area contributed by atoms with E-state index in [-0.39, 0.29) is 6.10 Å². The first-order valence-electron chi connectivity index (χ1n) is 8.96. The standard InChI is InChI=1S/C21H26N2O2/c1-14(2)25-20-13-17(9-10-19(20)21(22)24)23-12-11-16-8-7-15-5-3-4-6-18(15)16/h3-6,9-10,13-14,16,23H,7-8,11-12H2,1-2H3,(H2,22,24). The van der Waals surface area contributed by atoms with Crippen molar-refractivity contribution in [1.29, 1.82) is 0 Å². The van der Waals surface area contributed by atoms with Crippen molar-refractivity contribution >= 4 is 11.6 Å². The van der Waals surface area contributed by atoms with Gasteiger partial charge in [-0.25, -0.2) is 0 Å². The monoisotopic (exact) mass is 338 g/mol. The summed E-state index contributed by atoms with van der Waals surface area (Å²) < 4.78 is 5.73. The maximum Gasteiger partial charge on any atom is 0.252 e. The van der Waals surface area contributed by atoms with Crippen LogP contribution in [0.15, 0.2) is 42.5 Å². The molecule has 0 saturated heterocycles. The zero-order valence-electron chi connectivity index (χ0n) is 14.9. The molecule has 1 amide bonds. The highest BCUT2D eigenvalue weighted by Crippen LogP contribution is 2.35. The van der Waals surface area contributed by atoms with Gasteiger partial charge in [-0.3, -0.25) is 4.79 Å². The molecule has 0 bridgehead atoms. The second-order valence-corrected chi connectivity index (χ2v) is 6.89. The highest BCUT2D eigenvalue weighted by Gasteiger charge is 2.21. The van der Waals surface area contributed by atoms with Gasteiger partial charge in [0.15, 0.2) is 0 Å². The van der Waals surface area contributed by atoms with Crippen LogP contribution in [0.25, 0.3) is 0 Å². The number of amides is 1. The first kappa shape index (κ1) is 17.3. The van der Waals surface area contributed by atoms with Gasteiger partial charge in [-0.15, -0.1) is 0 Å². The molecule has 1 aliphatic carbocycles. The molecule has 1 aliphatic rings. The van der Waals surface area contributed by atoms with Crippen molar-refractivity contribution in [3.8, 4) is 5.75 Å². The molecule has 0 aliphatic heterocycles. The fraction of sp³-hybridized carbons (Fsp3) is 0.381. The lowest BCUT2D eigenvalue weighted by molar-refractivity contribution is 0.0994. The minimum atomic E-state index is -0.468. The number of fused-ring (bicyclic) bond motifs is 1. The molecular formula is C21H26N2O2. The number of carbonyl (C=O) groups excluding carboxylic acids is 1. The Balaban J connectivity index is 1.63. The molecule has 0 saturated carbocycles. The van der Waals surface area contributed by atoms with Crippen LogP contribution in [0.4, 0.5) is 5.69 Å². The summed E-state index contributed by atoms with van der Waals surface area (Å²) in [5.41, 5.74) is 9.79. The molecule has 0 spiro atoms. The van der Waals surface area contributed by atoms with Crippen LogP contribution in [-0.2, 0) is 6.42 Å². The van der Waals surface area contributed by atoms with Gasteiger partial charge in [-0.2, -0.15) is 0 Å². The Hall–Kier alpha value is -2.49. The van der Waals surface area contributed by atoms with Gasteiger partial charge in [-0.1, -0.05) is 24.3 Å². The Bertz CT molecular complexity index is 755. The Morgan fingerprint density at radius 3 is 2.84 bits per heavy atom. The van der Waals surface area contributed by atoms with Gasteiger partial charge in [0.2, 0.25) is 0 Å². The Morgan fingerprint density at radius 2 is 2.08 bits per heavy atom. The van der Waals surface area contributed by atoms with Crippen molar-refractivity contribution in [2.45, 2.75) is 45.1 Å². The van der Waals surface area contributed by atoms with E-state index in [1.54, 1.807) is 6.07 Å². The summed E-state index contributed by atoms with van der Waals surface area (Å²) in [5, 5.41) is 3.45. The molecule has 3 N–H and O–H groups in total. The number of nitrogens with two attached hydrogens (primary N) is 1. The van der Waals surface area contributed by atoms with Gasteiger partial charge in [0.1, 0.15) is 5.75 Å². The number of nitrogens with one attached hydrogen (secondary N) is 1. The van der Waals surface area contributed by atoms with Crippen molar-refractivity contribution in [1.82, 2.24) is 0 Å². The molecule has 132 valence electrons. The van der Waals surface area contributed by atoms with E-state index in [9.17, 15) is 4.79 Å². The lowest BCUT2D eigenvalue weighted by atomic mass is 9.98. The summed E-state index contributed by atoms with van der Waals surface area (Å²) in [7, 11) is 0. The van der Waals surface area contributed by atoms with Crippen molar-refractivity contribution in [3.05, 3.63) is 59.2 Å². The molecule has 0 radical (unpaired) electrons. The molecule has 3 rings (SSSR count). The van der Waals surface area contributed by atoms with E-state index in [1.807, 2.05) is 26.0 Å². The SMILES string of the molecule is CC(C)Oc1cc(NCCC2CCc3ccccc32)ccc1C(N)=O. The van der Waals surface area contributed by atoms with Crippen LogP contribution < -0.4 is 15.8 Å². The van der Waals surface area contributed by atoms with E-state index >= 15 is 0 Å². The number of anilines is 1. The van der Waals surface area contributed by atoms with E-state index in [2.05, 4.69) is 29.6 Å². The normalized spacial score (nSPS) is 15.9. The number of rotatable bonds is 7. The predicted octanol–water partition coefficient (Wildman–Crippen LogP) is 4.10. The average molecular weight is 338 g/mol. The van der Waals surface area contributed by atoms with E-state index in [0.717, 1.165) is 18.7 Å². The van der Waals surface area contributed by atoms with Crippen LogP contribution in [0.3, 0.4) is 0 Å². The second-order valence-electron chi connectivity index (χ2n) is 6.89. The van der Waals surface area contributed by atoms with Crippen LogP contribution in [0.1, 0.15) is 54.1 Å². The summed E-state index contributed by atoms with van der Waals surface area (Å²) in [6, 6.07) is 14.2. The van der Waals surface area contributed by atoms with Gasteiger partial charge in [0, 0.05) is 18.3 Å². The number of primary amides is 1. The summed E-state index contributed by atoms with van der Waals surface area (Å²) in [6.45, 7) is 4.75. The first-order valence-corrected chi connectivity index (χ1v) is 8.96. The molecule has 4 nitrogen and oxygen atoms in total. The Morgan fingerprint density at radius 1 is 1.28 bits per heavy atom. The fourth-order valence-electron chi connectivity index (χ4n) is 3.52. The minimum absolute atomic E-state index is 0.0108. The average Bonchev–Trinajstić information content (AvgIpc) is 2.98. The molecule has 0 aromatic heterocycles. The number of aryl methyl sites for hydroxylation is 1. The molecule has 25 heavy (non-hydrogen) atoms. The predicted molar refractivity (Wildman–Crippen MR) is 101 cm³/mol. The molecule has 1 atom stereocenters. The maximum absolute atomic E-state index is 11.5. The fourth-order valence-corrected chi connectivity index (χ4v) is 3.52. The van der Waals surface area contributed by atoms with E-state index in [0.29, 0.717) is 17.2 Å². The van der Waals surface area contributed by atoms with E-state index in [1.165, 1.54) is 24.0 Å². The topological polar surface area (TPSA) is 64.3 Å². The second kappa shape index (κ2) is 7.60. The van der Waals surface area contributed by atoms with Crippen LogP contribution in [0, 0.1) is 0 Å². The number of hydrogen-bond acceptors (Lipinski definition) is 3. The number of benzene rings is 2. The number of hydrogen-bond donors (Lipinski definition) is 2. The molecule has 1 unspecified atom stereocenters. The van der Waals surface area contributed by atoms with E-state index in [4.69, 9.17) is 10.5 Å². The zero-order valence-corrected chi connectivity index (χ0v) is 14.9. The quantitative estimate of drug-likeness (QED) is 0.799. The lowest BCUT2D eigenvalue weighted by Crippen LogP contribution is -2.16. The smallest absolute Gasteiger partial charge is 0.252 e. The largest absolute Gasteiger partial charge is 0.490 e. The summed E-state index contributed by atoms with van der Waals surface area (Å²) >= 11 is 0. The molecule has 2 aromatic carbocycles. The third-order valence-corrected chi connectivity index (χ3v) is 4.69. The Kier molecular flexibility index (Phi) is 5.27. The van der Waals surface area contributed by atoms with Crippen LogP contribution in [0.2, 0.25) is 0 Å². The molecule has 0 heterocycles. The van der Waals surface area contributed by atoms with Crippen LogP contribution >= 0.6 is 0 Å². The van der Waals surface area contributed by atoms with Crippen molar-refractivity contribution in [2.24, 2.45) is 5.73 Å². The van der Waals surface area contributed by atoms with E-state index < -0.39 is 5.91 Å². The highest BCUT2D eigenvalue weighted by molar-refractivity contribution is 5.96. The van der Waals surface area contributed by atoms with Crippen LogP contribution in [0.5, 0.6) is 5.75 Å². The number of ether oxygens (including phenoxy) is 1. The minimum Gasteiger partial charge on any atom is -0.490 e. The molecule has 0 fully saturated rings. The molecular weight excluding hydrogens is 312 g/mol. The van der Waals surface area contributed by atoms with Gasteiger partial charge in [0.25, 0.3) is 5.91 Å². The van der Waals surface area contributed by atoms with Crippen LogP contribution in [-0.4, -0.2) is 18.6 Å². The first-order chi connectivity index (χ1) is 12.0. The Labute approximate surface area is 149 Å². The zero-order chi connectivity index (χ0) is 17.8. The van der Waals surface area contributed by atoms with Gasteiger partial charge >= 0.3 is 0 Å². The summed E-state index contributed by atoms with van der Waals surface area (Å²) in [4.78, 5) is 11.5. The molecule has 2 aromatic rings. The summed E-state index contributed by atoms with van der Waals surface area (Å²) in [5.74, 6) is 0.698. The molecule has 4 heteroatoms. The third-order valence-electron chi connectivity index (χ3n) is 4.69. The highest BCUT2D eigenvalue weighted by atomic mass is 16.5. The van der Waals surface area contributed by atoms with Gasteiger partial charge < -0.3 is 15.8 Å². The van der Waals surface area contributed by atoms with Gasteiger partial charge in [0.05, 0.1) is 11.7 Å². The third kappa shape index (κ3) is 4.13. The maximum atomic E-state index is 11.5. The summed E-state index contributed by atoms with van der Waals surface area (Å²) in [6.07, 6.45) is 3.49. The van der Waals surface area contributed by atoms with Crippen molar-refractivity contribution in [2.75, 3.05) is 11.9 Å². The van der Waals surface area contributed by atoms with Gasteiger partial charge in [-0.05, 0) is 62.3 Å². The van der Waals surface area contributed by atoms with Crippen molar-refractivity contribution in [3.63, 3.8) is 0 Å². The lowest BCUT2D eigenvalue weighted by Gasteiger charge is -2.16. The number of carbonyl (C=O) groups is 1. The van der Waals surface area contributed by atoms with Crippen molar-refractivity contribution < 1.29 is 9.53 Å².